The van der Waals surface area contributed by atoms with Gasteiger partial charge < -0.3 is 15.8 Å². The molecule has 0 aliphatic rings. The van der Waals surface area contributed by atoms with E-state index in [0.717, 1.165) is 5.56 Å². The van der Waals surface area contributed by atoms with Gasteiger partial charge in [-0.3, -0.25) is 0 Å². The zero-order chi connectivity index (χ0) is 12.7. The molecule has 4 nitrogen and oxygen atoms in total. The van der Waals surface area contributed by atoms with Gasteiger partial charge >= 0.3 is 5.97 Å². The molecular formula is C13H18N2O2. The van der Waals surface area contributed by atoms with Crippen LogP contribution in [-0.4, -0.2) is 12.6 Å². The van der Waals surface area contributed by atoms with Crippen molar-refractivity contribution >= 4 is 5.97 Å². The fourth-order valence-electron chi connectivity index (χ4n) is 1.43. The van der Waals surface area contributed by atoms with Crippen molar-refractivity contribution in [3.63, 3.8) is 0 Å². The average Bonchev–Trinajstić information content (AvgIpc) is 2.30. The van der Waals surface area contributed by atoms with Crippen molar-refractivity contribution in [2.24, 2.45) is 5.73 Å². The van der Waals surface area contributed by atoms with Crippen LogP contribution in [0, 0.1) is 0 Å². The molecule has 0 saturated carbocycles. The van der Waals surface area contributed by atoms with Gasteiger partial charge in [-0.25, -0.2) is 4.79 Å². The molecule has 1 aromatic carbocycles. The van der Waals surface area contributed by atoms with Crippen LogP contribution in [0.2, 0.25) is 0 Å². The van der Waals surface area contributed by atoms with Crippen molar-refractivity contribution in [2.45, 2.75) is 19.9 Å². The number of nitrogens with one attached hydrogen (secondary N) is 1. The molecule has 1 rings (SSSR count). The van der Waals surface area contributed by atoms with E-state index in [0.29, 0.717) is 12.4 Å². The lowest BCUT2D eigenvalue weighted by molar-refractivity contribution is -0.137. The first-order chi connectivity index (χ1) is 8.13. The van der Waals surface area contributed by atoms with Crippen molar-refractivity contribution < 1.29 is 9.53 Å². The number of ether oxygens (including phenoxy) is 1. The van der Waals surface area contributed by atoms with Crippen LogP contribution in [0.15, 0.2) is 42.2 Å². The third-order valence-electron chi connectivity index (χ3n) is 2.24. The third kappa shape index (κ3) is 4.59. The predicted molar refractivity (Wildman–Crippen MR) is 66.9 cm³/mol. The third-order valence-corrected chi connectivity index (χ3v) is 2.24. The summed E-state index contributed by atoms with van der Waals surface area (Å²) in [5.74, 6) is -0.127. The van der Waals surface area contributed by atoms with Crippen LogP contribution in [-0.2, 0) is 9.53 Å². The maximum Gasteiger partial charge on any atom is 0.334 e. The Hall–Kier alpha value is -1.97. The Morgan fingerprint density at radius 3 is 2.71 bits per heavy atom. The van der Waals surface area contributed by atoms with Gasteiger partial charge in [0, 0.05) is 6.04 Å². The summed E-state index contributed by atoms with van der Waals surface area (Å²) in [6.45, 7) is 4.07. The maximum atomic E-state index is 11.2. The smallest absolute Gasteiger partial charge is 0.334 e. The molecule has 1 atom stereocenters. The summed E-state index contributed by atoms with van der Waals surface area (Å²) < 4.78 is 4.76. The number of nitrogens with two attached hydrogens (primary N) is 1. The molecule has 0 fully saturated rings. The predicted octanol–water partition coefficient (Wildman–Crippen LogP) is 1.70. The summed E-state index contributed by atoms with van der Waals surface area (Å²) in [5, 5.41) is 3.02. The first-order valence-corrected chi connectivity index (χ1v) is 5.59. The van der Waals surface area contributed by atoms with E-state index in [2.05, 4.69) is 5.32 Å². The lowest BCUT2D eigenvalue weighted by Crippen LogP contribution is -2.24. The van der Waals surface area contributed by atoms with Crippen LogP contribution >= 0.6 is 0 Å². The van der Waals surface area contributed by atoms with Crippen molar-refractivity contribution in [2.75, 3.05) is 6.61 Å². The molecule has 92 valence electrons. The van der Waals surface area contributed by atoms with E-state index in [-0.39, 0.29) is 6.04 Å². The fourth-order valence-corrected chi connectivity index (χ4v) is 1.43. The lowest BCUT2D eigenvalue weighted by Gasteiger charge is -2.15. The molecule has 0 heterocycles. The number of carbonyl (C=O) groups is 1. The summed E-state index contributed by atoms with van der Waals surface area (Å²) in [5.41, 5.74) is 6.80. The zero-order valence-electron chi connectivity index (χ0n) is 10.1. The summed E-state index contributed by atoms with van der Waals surface area (Å²) in [6, 6.07) is 9.90. The first kappa shape index (κ1) is 13.1. The average molecular weight is 234 g/mol. The molecular weight excluding hydrogens is 216 g/mol. The van der Waals surface area contributed by atoms with Gasteiger partial charge in [0.2, 0.25) is 0 Å². The van der Waals surface area contributed by atoms with Crippen molar-refractivity contribution in [1.29, 1.82) is 0 Å². The number of hydrogen-bond acceptors (Lipinski definition) is 4. The van der Waals surface area contributed by atoms with Crippen LogP contribution in [0.5, 0.6) is 0 Å². The molecule has 0 radical (unpaired) electrons. The molecule has 0 aromatic heterocycles. The van der Waals surface area contributed by atoms with Gasteiger partial charge in [-0.2, -0.15) is 0 Å². The van der Waals surface area contributed by atoms with Crippen molar-refractivity contribution in [3.05, 3.63) is 47.8 Å². The molecule has 1 aromatic rings. The Morgan fingerprint density at radius 1 is 1.47 bits per heavy atom. The first-order valence-electron chi connectivity index (χ1n) is 5.59. The van der Waals surface area contributed by atoms with Gasteiger partial charge in [0.25, 0.3) is 0 Å². The van der Waals surface area contributed by atoms with E-state index in [1.54, 1.807) is 6.92 Å². The molecule has 0 spiro atoms. The zero-order valence-corrected chi connectivity index (χ0v) is 10.1. The monoisotopic (exact) mass is 234 g/mol. The minimum atomic E-state index is -0.433. The van der Waals surface area contributed by atoms with Gasteiger partial charge in [0.15, 0.2) is 0 Å². The van der Waals surface area contributed by atoms with E-state index >= 15 is 0 Å². The van der Waals surface area contributed by atoms with E-state index in [1.165, 1.54) is 6.08 Å². The molecule has 3 N–H and O–H groups in total. The second-order valence-corrected chi connectivity index (χ2v) is 3.63. The highest BCUT2D eigenvalue weighted by molar-refractivity contribution is 5.82. The minimum absolute atomic E-state index is 0.0434. The summed E-state index contributed by atoms with van der Waals surface area (Å²) in [4.78, 5) is 11.2. The molecule has 0 aliphatic heterocycles. The van der Waals surface area contributed by atoms with Gasteiger partial charge in [-0.15, -0.1) is 0 Å². The summed E-state index contributed by atoms with van der Waals surface area (Å²) in [7, 11) is 0. The molecule has 0 aliphatic carbocycles. The molecule has 1 unspecified atom stereocenters. The second kappa shape index (κ2) is 6.58. The molecule has 0 amide bonds. The number of carbonyl (C=O) groups excluding carboxylic acids is 1. The summed E-state index contributed by atoms with van der Waals surface area (Å²) in [6.07, 6.45) is 1.25. The maximum absolute atomic E-state index is 11.2. The number of benzene rings is 1. The largest absolute Gasteiger partial charge is 0.463 e. The summed E-state index contributed by atoms with van der Waals surface area (Å²) >= 11 is 0. The van der Waals surface area contributed by atoms with Crippen LogP contribution in [0.3, 0.4) is 0 Å². The van der Waals surface area contributed by atoms with Gasteiger partial charge in [-0.1, -0.05) is 30.3 Å². The van der Waals surface area contributed by atoms with Crippen LogP contribution in [0.4, 0.5) is 0 Å². The van der Waals surface area contributed by atoms with E-state index < -0.39 is 5.97 Å². The molecule has 0 saturated heterocycles. The highest BCUT2D eigenvalue weighted by Gasteiger charge is 2.05. The van der Waals surface area contributed by atoms with Crippen LogP contribution in [0.1, 0.15) is 25.5 Å². The van der Waals surface area contributed by atoms with Gasteiger partial charge in [0.1, 0.15) is 5.82 Å². The minimum Gasteiger partial charge on any atom is -0.463 e. The standard InChI is InChI=1S/C13H18N2O2/c1-3-17-13(16)9-12(14)15-10(2)11-7-5-4-6-8-11/h4-10,15H,3,14H2,1-2H3/b12-9+. The number of esters is 1. The Labute approximate surface area is 101 Å². The number of rotatable bonds is 5. The Morgan fingerprint density at radius 2 is 2.12 bits per heavy atom. The highest BCUT2D eigenvalue weighted by atomic mass is 16.5. The highest BCUT2D eigenvalue weighted by Crippen LogP contribution is 2.11. The topological polar surface area (TPSA) is 64.3 Å². The fraction of sp³-hybridized carbons (Fsp3) is 0.308. The Balaban J connectivity index is 2.57. The van der Waals surface area contributed by atoms with E-state index in [9.17, 15) is 4.79 Å². The molecule has 0 bridgehead atoms. The van der Waals surface area contributed by atoms with Crippen molar-refractivity contribution in [1.82, 2.24) is 5.32 Å². The van der Waals surface area contributed by atoms with E-state index in [4.69, 9.17) is 10.5 Å². The Kier molecular flexibility index (Phi) is 5.07. The number of hydrogen-bond donors (Lipinski definition) is 2. The van der Waals surface area contributed by atoms with Gasteiger partial charge in [0.05, 0.1) is 12.7 Å². The lowest BCUT2D eigenvalue weighted by atomic mass is 10.1. The quantitative estimate of drug-likeness (QED) is 0.601. The normalized spacial score (nSPS) is 12.9. The Bertz CT molecular complexity index is 388. The molecule has 4 heteroatoms. The SMILES string of the molecule is CCOC(=O)/C=C(\N)NC(C)c1ccccc1. The van der Waals surface area contributed by atoms with Gasteiger partial charge in [-0.05, 0) is 19.4 Å². The second-order valence-electron chi connectivity index (χ2n) is 3.63. The van der Waals surface area contributed by atoms with Crippen LogP contribution < -0.4 is 11.1 Å². The van der Waals surface area contributed by atoms with Crippen molar-refractivity contribution in [3.8, 4) is 0 Å². The van der Waals surface area contributed by atoms with Crippen LogP contribution in [0.25, 0.3) is 0 Å². The molecule has 17 heavy (non-hydrogen) atoms. The van der Waals surface area contributed by atoms with E-state index in [1.807, 2.05) is 37.3 Å².